The van der Waals surface area contributed by atoms with Gasteiger partial charge in [-0.1, -0.05) is 32.1 Å². The number of benzene rings is 1. The average Bonchev–Trinajstić information content (AvgIpc) is 2.48. The molecule has 1 fully saturated rings. The van der Waals surface area contributed by atoms with Crippen LogP contribution in [0.4, 0.5) is 5.69 Å². The number of anilines is 1. The molecule has 110 valence electrons. The topological polar surface area (TPSA) is 64.3 Å². The zero-order valence-electron chi connectivity index (χ0n) is 11.9. The SMILES string of the molecule is Nc1ccc(OCC(=O)NCCC2CCCCC2)cc1. The number of nitrogens with two attached hydrogens (primary N) is 1. The summed E-state index contributed by atoms with van der Waals surface area (Å²) in [5.41, 5.74) is 6.27. The third-order valence-corrected chi connectivity index (χ3v) is 3.85. The van der Waals surface area contributed by atoms with Gasteiger partial charge in [0.15, 0.2) is 6.61 Å². The molecule has 0 aliphatic heterocycles. The third kappa shape index (κ3) is 5.11. The lowest BCUT2D eigenvalue weighted by Crippen LogP contribution is -2.30. The highest BCUT2D eigenvalue weighted by Crippen LogP contribution is 2.25. The molecule has 1 aliphatic rings. The van der Waals surface area contributed by atoms with Crippen molar-refractivity contribution in [1.82, 2.24) is 5.32 Å². The Morgan fingerprint density at radius 2 is 1.90 bits per heavy atom. The van der Waals surface area contributed by atoms with Gasteiger partial charge in [0.25, 0.3) is 5.91 Å². The van der Waals surface area contributed by atoms with Crippen LogP contribution in [0.15, 0.2) is 24.3 Å². The van der Waals surface area contributed by atoms with E-state index in [1.807, 2.05) is 0 Å². The standard InChI is InChI=1S/C16H24N2O2/c17-14-6-8-15(9-7-14)20-12-16(19)18-11-10-13-4-2-1-3-5-13/h6-9,13H,1-5,10-12,17H2,(H,18,19). The molecule has 0 bridgehead atoms. The molecule has 2 rings (SSSR count). The van der Waals surface area contributed by atoms with Crippen molar-refractivity contribution in [3.05, 3.63) is 24.3 Å². The quantitative estimate of drug-likeness (QED) is 0.785. The average molecular weight is 276 g/mol. The van der Waals surface area contributed by atoms with Gasteiger partial charge in [0.2, 0.25) is 0 Å². The molecule has 1 aromatic carbocycles. The molecule has 1 amide bonds. The van der Waals surface area contributed by atoms with Crippen LogP contribution in [0, 0.1) is 5.92 Å². The predicted molar refractivity (Wildman–Crippen MR) is 80.6 cm³/mol. The summed E-state index contributed by atoms with van der Waals surface area (Å²) in [5.74, 6) is 1.40. The van der Waals surface area contributed by atoms with E-state index in [1.165, 1.54) is 32.1 Å². The summed E-state index contributed by atoms with van der Waals surface area (Å²) < 4.78 is 5.40. The van der Waals surface area contributed by atoms with Crippen LogP contribution >= 0.6 is 0 Å². The fourth-order valence-electron chi connectivity index (χ4n) is 2.66. The van der Waals surface area contributed by atoms with Crippen molar-refractivity contribution in [3.63, 3.8) is 0 Å². The molecule has 0 saturated heterocycles. The van der Waals surface area contributed by atoms with E-state index in [0.717, 1.165) is 18.9 Å². The Balaban J connectivity index is 1.59. The smallest absolute Gasteiger partial charge is 0.257 e. The van der Waals surface area contributed by atoms with E-state index in [1.54, 1.807) is 24.3 Å². The van der Waals surface area contributed by atoms with E-state index in [2.05, 4.69) is 5.32 Å². The van der Waals surface area contributed by atoms with Crippen LogP contribution in [0.1, 0.15) is 38.5 Å². The number of rotatable bonds is 6. The van der Waals surface area contributed by atoms with Gasteiger partial charge in [-0.05, 0) is 36.6 Å². The highest BCUT2D eigenvalue weighted by Gasteiger charge is 2.13. The van der Waals surface area contributed by atoms with Crippen molar-refractivity contribution in [2.75, 3.05) is 18.9 Å². The second kappa shape index (κ2) is 7.78. The van der Waals surface area contributed by atoms with Gasteiger partial charge in [0.05, 0.1) is 0 Å². The number of amides is 1. The maximum atomic E-state index is 11.7. The fraction of sp³-hybridized carbons (Fsp3) is 0.562. The van der Waals surface area contributed by atoms with Crippen molar-refractivity contribution in [2.24, 2.45) is 5.92 Å². The van der Waals surface area contributed by atoms with Crippen LogP contribution in [0.3, 0.4) is 0 Å². The molecular formula is C16H24N2O2. The Morgan fingerprint density at radius 3 is 2.60 bits per heavy atom. The van der Waals surface area contributed by atoms with Gasteiger partial charge in [-0.25, -0.2) is 0 Å². The molecule has 0 atom stereocenters. The Labute approximate surface area is 120 Å². The molecule has 1 saturated carbocycles. The summed E-state index contributed by atoms with van der Waals surface area (Å²) in [6.45, 7) is 0.823. The van der Waals surface area contributed by atoms with Crippen LogP contribution in [0.25, 0.3) is 0 Å². The monoisotopic (exact) mass is 276 g/mol. The van der Waals surface area contributed by atoms with E-state index in [4.69, 9.17) is 10.5 Å². The molecule has 20 heavy (non-hydrogen) atoms. The van der Waals surface area contributed by atoms with E-state index < -0.39 is 0 Å². The third-order valence-electron chi connectivity index (χ3n) is 3.85. The second-order valence-corrected chi connectivity index (χ2v) is 5.50. The van der Waals surface area contributed by atoms with Crippen molar-refractivity contribution < 1.29 is 9.53 Å². The molecule has 0 aromatic heterocycles. The molecule has 0 spiro atoms. The van der Waals surface area contributed by atoms with E-state index in [-0.39, 0.29) is 12.5 Å². The minimum Gasteiger partial charge on any atom is -0.484 e. The fourth-order valence-corrected chi connectivity index (χ4v) is 2.66. The summed E-state index contributed by atoms with van der Waals surface area (Å²) in [5, 5.41) is 2.92. The largest absolute Gasteiger partial charge is 0.484 e. The van der Waals surface area contributed by atoms with Crippen LogP contribution in [-0.2, 0) is 4.79 Å². The molecule has 4 nitrogen and oxygen atoms in total. The summed E-state index contributed by atoms with van der Waals surface area (Å²) in [7, 11) is 0. The number of carbonyl (C=O) groups excluding carboxylic acids is 1. The normalized spacial score (nSPS) is 15.8. The van der Waals surface area contributed by atoms with Gasteiger partial charge in [-0.2, -0.15) is 0 Å². The zero-order valence-corrected chi connectivity index (χ0v) is 11.9. The summed E-state index contributed by atoms with van der Waals surface area (Å²) >= 11 is 0. The van der Waals surface area contributed by atoms with Crippen molar-refractivity contribution >= 4 is 11.6 Å². The van der Waals surface area contributed by atoms with Crippen molar-refractivity contribution in [3.8, 4) is 5.75 Å². The van der Waals surface area contributed by atoms with Gasteiger partial charge in [0.1, 0.15) is 5.75 Å². The number of nitrogen functional groups attached to an aromatic ring is 1. The second-order valence-electron chi connectivity index (χ2n) is 5.50. The molecule has 4 heteroatoms. The van der Waals surface area contributed by atoms with Gasteiger partial charge < -0.3 is 15.8 Å². The molecule has 0 unspecified atom stereocenters. The first kappa shape index (κ1) is 14.7. The van der Waals surface area contributed by atoms with Gasteiger partial charge >= 0.3 is 0 Å². The highest BCUT2D eigenvalue weighted by atomic mass is 16.5. The minimum atomic E-state index is -0.0577. The number of hydrogen-bond donors (Lipinski definition) is 2. The lowest BCUT2D eigenvalue weighted by atomic mass is 9.87. The number of ether oxygens (including phenoxy) is 1. The van der Waals surface area contributed by atoms with Crippen LogP contribution < -0.4 is 15.8 Å². The van der Waals surface area contributed by atoms with Crippen LogP contribution in [0.2, 0.25) is 0 Å². The van der Waals surface area contributed by atoms with E-state index in [0.29, 0.717) is 11.4 Å². The Bertz CT molecular complexity index is 411. The van der Waals surface area contributed by atoms with Crippen molar-refractivity contribution in [1.29, 1.82) is 0 Å². The first-order chi connectivity index (χ1) is 9.74. The first-order valence-corrected chi connectivity index (χ1v) is 7.49. The predicted octanol–water partition coefficient (Wildman–Crippen LogP) is 2.73. The highest BCUT2D eigenvalue weighted by molar-refractivity contribution is 5.77. The Hall–Kier alpha value is -1.71. The van der Waals surface area contributed by atoms with Crippen LogP contribution in [-0.4, -0.2) is 19.1 Å². The first-order valence-electron chi connectivity index (χ1n) is 7.49. The molecule has 0 radical (unpaired) electrons. The minimum absolute atomic E-state index is 0.0577. The van der Waals surface area contributed by atoms with Crippen LogP contribution in [0.5, 0.6) is 5.75 Å². The summed E-state index contributed by atoms with van der Waals surface area (Å²) in [4.78, 5) is 11.7. The molecule has 1 aromatic rings. The number of nitrogens with one attached hydrogen (secondary N) is 1. The Morgan fingerprint density at radius 1 is 1.20 bits per heavy atom. The maximum Gasteiger partial charge on any atom is 0.257 e. The lowest BCUT2D eigenvalue weighted by Gasteiger charge is -2.21. The van der Waals surface area contributed by atoms with Gasteiger partial charge in [0, 0.05) is 12.2 Å². The number of hydrogen-bond acceptors (Lipinski definition) is 3. The molecule has 3 N–H and O–H groups in total. The van der Waals surface area contributed by atoms with E-state index >= 15 is 0 Å². The zero-order chi connectivity index (χ0) is 14.2. The van der Waals surface area contributed by atoms with Crippen molar-refractivity contribution in [2.45, 2.75) is 38.5 Å². The number of carbonyl (C=O) groups is 1. The maximum absolute atomic E-state index is 11.7. The molecule has 0 heterocycles. The lowest BCUT2D eigenvalue weighted by molar-refractivity contribution is -0.123. The summed E-state index contributed by atoms with van der Waals surface area (Å²) in [6, 6.07) is 7.06. The Kier molecular flexibility index (Phi) is 5.71. The van der Waals surface area contributed by atoms with Gasteiger partial charge in [-0.15, -0.1) is 0 Å². The molecule has 1 aliphatic carbocycles. The van der Waals surface area contributed by atoms with E-state index in [9.17, 15) is 4.79 Å². The molecular weight excluding hydrogens is 252 g/mol. The van der Waals surface area contributed by atoms with Gasteiger partial charge in [-0.3, -0.25) is 4.79 Å². The summed E-state index contributed by atoms with van der Waals surface area (Å²) in [6.07, 6.45) is 7.79.